The predicted octanol–water partition coefficient (Wildman–Crippen LogP) is 1.86. The molecule has 106 valence electrons. The Bertz CT molecular complexity index is 440. The van der Waals surface area contributed by atoms with Crippen LogP contribution < -0.4 is 15.2 Å². The molecule has 19 heavy (non-hydrogen) atoms. The smallest absolute Gasteiger partial charge is 0.387 e. The Morgan fingerprint density at radius 3 is 2.53 bits per heavy atom. The number of esters is 1. The van der Waals surface area contributed by atoms with Gasteiger partial charge in [0.05, 0.1) is 20.6 Å². The highest BCUT2D eigenvalue weighted by Crippen LogP contribution is 2.31. The number of ether oxygens (including phenoxy) is 3. The summed E-state index contributed by atoms with van der Waals surface area (Å²) in [6, 6.07) is 3.67. The highest BCUT2D eigenvalue weighted by molar-refractivity contribution is 5.70. The van der Waals surface area contributed by atoms with Crippen LogP contribution in [0.15, 0.2) is 18.2 Å². The maximum atomic E-state index is 12.3. The van der Waals surface area contributed by atoms with Crippen molar-refractivity contribution in [1.82, 2.24) is 0 Å². The number of carbonyl (C=O) groups excluding carboxylic acids is 1. The highest BCUT2D eigenvalue weighted by Gasteiger charge is 2.16. The average molecular weight is 275 g/mol. The Morgan fingerprint density at radius 1 is 1.32 bits per heavy atom. The molecule has 0 spiro atoms. The maximum absolute atomic E-state index is 12.3. The van der Waals surface area contributed by atoms with E-state index in [4.69, 9.17) is 10.5 Å². The molecule has 0 saturated heterocycles. The number of carbonyl (C=O) groups is 1. The summed E-state index contributed by atoms with van der Waals surface area (Å²) in [6.07, 6.45) is -0.0586. The third-order valence-corrected chi connectivity index (χ3v) is 2.45. The van der Waals surface area contributed by atoms with Gasteiger partial charge in [-0.05, 0) is 17.7 Å². The van der Waals surface area contributed by atoms with Crippen LogP contribution in [-0.2, 0) is 9.53 Å². The van der Waals surface area contributed by atoms with Crippen molar-refractivity contribution in [1.29, 1.82) is 0 Å². The zero-order valence-corrected chi connectivity index (χ0v) is 10.6. The van der Waals surface area contributed by atoms with E-state index in [1.54, 1.807) is 6.07 Å². The van der Waals surface area contributed by atoms with Crippen molar-refractivity contribution in [3.63, 3.8) is 0 Å². The molecular formula is C12H15F2NO4. The Morgan fingerprint density at radius 2 is 2.00 bits per heavy atom. The van der Waals surface area contributed by atoms with E-state index in [0.29, 0.717) is 5.56 Å². The van der Waals surface area contributed by atoms with E-state index in [0.717, 1.165) is 0 Å². The van der Waals surface area contributed by atoms with E-state index in [2.05, 4.69) is 9.47 Å². The van der Waals surface area contributed by atoms with Gasteiger partial charge in [0, 0.05) is 6.04 Å². The lowest BCUT2D eigenvalue weighted by atomic mass is 10.0. The molecule has 0 aromatic heterocycles. The number of hydrogen-bond acceptors (Lipinski definition) is 5. The van der Waals surface area contributed by atoms with Gasteiger partial charge in [-0.3, -0.25) is 4.79 Å². The average Bonchev–Trinajstić information content (AvgIpc) is 2.37. The fourth-order valence-corrected chi connectivity index (χ4v) is 1.49. The lowest BCUT2D eigenvalue weighted by Gasteiger charge is -2.15. The summed E-state index contributed by atoms with van der Waals surface area (Å²) >= 11 is 0. The van der Waals surface area contributed by atoms with Crippen LogP contribution in [0.3, 0.4) is 0 Å². The largest absolute Gasteiger partial charge is 0.493 e. The van der Waals surface area contributed by atoms with Gasteiger partial charge in [0.15, 0.2) is 11.5 Å². The number of methoxy groups -OCH3 is 2. The zero-order chi connectivity index (χ0) is 14.4. The van der Waals surface area contributed by atoms with Crippen molar-refractivity contribution in [2.45, 2.75) is 19.1 Å². The first-order valence-corrected chi connectivity index (χ1v) is 5.43. The topological polar surface area (TPSA) is 70.8 Å². The SMILES string of the molecule is COC(=O)C[C@H](N)c1ccc(OC)c(OC(F)F)c1. The third-order valence-electron chi connectivity index (χ3n) is 2.45. The van der Waals surface area contributed by atoms with E-state index in [9.17, 15) is 13.6 Å². The van der Waals surface area contributed by atoms with Crippen LogP contribution in [0.25, 0.3) is 0 Å². The van der Waals surface area contributed by atoms with Crippen LogP contribution in [0.1, 0.15) is 18.0 Å². The molecule has 0 radical (unpaired) electrons. The molecule has 0 saturated carbocycles. The number of hydrogen-bond donors (Lipinski definition) is 1. The van der Waals surface area contributed by atoms with Crippen LogP contribution in [0, 0.1) is 0 Å². The molecule has 0 aliphatic rings. The fourth-order valence-electron chi connectivity index (χ4n) is 1.49. The molecule has 1 aromatic rings. The van der Waals surface area contributed by atoms with Crippen molar-refractivity contribution in [2.75, 3.05) is 14.2 Å². The minimum Gasteiger partial charge on any atom is -0.493 e. The zero-order valence-electron chi connectivity index (χ0n) is 10.6. The summed E-state index contributed by atoms with van der Waals surface area (Å²) in [7, 11) is 2.58. The van der Waals surface area contributed by atoms with Crippen molar-refractivity contribution < 1.29 is 27.8 Å². The van der Waals surface area contributed by atoms with Crippen molar-refractivity contribution in [3.8, 4) is 11.5 Å². The molecule has 0 aliphatic heterocycles. The number of rotatable bonds is 6. The van der Waals surface area contributed by atoms with Gasteiger partial charge in [0.25, 0.3) is 0 Å². The van der Waals surface area contributed by atoms with E-state index >= 15 is 0 Å². The van der Waals surface area contributed by atoms with E-state index < -0.39 is 18.6 Å². The molecule has 0 bridgehead atoms. The molecule has 7 heteroatoms. The molecule has 0 heterocycles. The molecule has 2 N–H and O–H groups in total. The van der Waals surface area contributed by atoms with Gasteiger partial charge < -0.3 is 19.9 Å². The van der Waals surface area contributed by atoms with Crippen LogP contribution in [0.2, 0.25) is 0 Å². The number of nitrogens with two attached hydrogens (primary N) is 1. The first kappa shape index (κ1) is 15.2. The Kier molecular flexibility index (Phi) is 5.50. The normalized spacial score (nSPS) is 12.1. The first-order valence-electron chi connectivity index (χ1n) is 5.43. The molecule has 0 unspecified atom stereocenters. The maximum Gasteiger partial charge on any atom is 0.387 e. The van der Waals surface area contributed by atoms with Crippen LogP contribution in [-0.4, -0.2) is 26.8 Å². The summed E-state index contributed by atoms with van der Waals surface area (Å²) in [5.74, 6) is -0.454. The van der Waals surface area contributed by atoms with Crippen LogP contribution >= 0.6 is 0 Å². The van der Waals surface area contributed by atoms with Crippen LogP contribution in [0.5, 0.6) is 11.5 Å². The summed E-state index contributed by atoms with van der Waals surface area (Å²) < 4.78 is 38.2. The lowest BCUT2D eigenvalue weighted by molar-refractivity contribution is -0.141. The van der Waals surface area contributed by atoms with Gasteiger partial charge in [-0.2, -0.15) is 8.78 Å². The summed E-state index contributed by atoms with van der Waals surface area (Å²) in [5, 5.41) is 0. The molecule has 1 rings (SSSR count). The second-order valence-electron chi connectivity index (χ2n) is 3.68. The minimum absolute atomic E-state index is 0.0586. The summed E-state index contributed by atoms with van der Waals surface area (Å²) in [6.45, 7) is -2.97. The lowest BCUT2D eigenvalue weighted by Crippen LogP contribution is -2.16. The number of benzene rings is 1. The number of halogens is 2. The van der Waals surface area contributed by atoms with E-state index in [-0.39, 0.29) is 17.9 Å². The molecule has 1 aromatic carbocycles. The minimum atomic E-state index is -2.97. The predicted molar refractivity (Wildman–Crippen MR) is 63.2 cm³/mol. The summed E-state index contributed by atoms with van der Waals surface area (Å²) in [5.41, 5.74) is 6.25. The fraction of sp³-hybridized carbons (Fsp3) is 0.417. The molecule has 1 atom stereocenters. The molecule has 0 fully saturated rings. The van der Waals surface area contributed by atoms with Gasteiger partial charge >= 0.3 is 12.6 Å². The third kappa shape index (κ3) is 4.36. The second kappa shape index (κ2) is 6.89. The second-order valence-corrected chi connectivity index (χ2v) is 3.68. The molecule has 0 aliphatic carbocycles. The van der Waals surface area contributed by atoms with E-state index in [1.807, 2.05) is 0 Å². The molecule has 5 nitrogen and oxygen atoms in total. The van der Waals surface area contributed by atoms with Crippen molar-refractivity contribution in [2.24, 2.45) is 5.73 Å². The van der Waals surface area contributed by atoms with Gasteiger partial charge in [-0.1, -0.05) is 6.07 Å². The Labute approximate surface area is 109 Å². The van der Waals surface area contributed by atoms with Crippen molar-refractivity contribution in [3.05, 3.63) is 23.8 Å². The quantitative estimate of drug-likeness (QED) is 0.802. The molecule has 0 amide bonds. The summed E-state index contributed by atoms with van der Waals surface area (Å²) in [4.78, 5) is 11.1. The van der Waals surface area contributed by atoms with Crippen molar-refractivity contribution >= 4 is 5.97 Å². The molecular weight excluding hydrogens is 260 g/mol. The van der Waals surface area contributed by atoms with Gasteiger partial charge in [0.2, 0.25) is 0 Å². The monoisotopic (exact) mass is 275 g/mol. The van der Waals surface area contributed by atoms with E-state index in [1.165, 1.54) is 26.4 Å². The van der Waals surface area contributed by atoms with Gasteiger partial charge in [-0.15, -0.1) is 0 Å². The standard InChI is InChI=1S/C12H15F2NO4/c1-17-9-4-3-7(5-10(9)19-12(13)14)8(15)6-11(16)18-2/h3-5,8,12H,6,15H2,1-2H3/t8-/m0/s1. The number of alkyl halides is 2. The van der Waals surface area contributed by atoms with Crippen LogP contribution in [0.4, 0.5) is 8.78 Å². The highest BCUT2D eigenvalue weighted by atomic mass is 19.3. The van der Waals surface area contributed by atoms with Gasteiger partial charge in [-0.25, -0.2) is 0 Å². The Balaban J connectivity index is 2.93. The Hall–Kier alpha value is -1.89. The van der Waals surface area contributed by atoms with Gasteiger partial charge in [0.1, 0.15) is 0 Å². The first-order chi connectivity index (χ1) is 8.97.